The van der Waals surface area contributed by atoms with Crippen molar-refractivity contribution in [3.05, 3.63) is 176 Å². The number of nitrogens with zero attached hydrogens (tertiary/aromatic N) is 4. The molecule has 79 heavy (non-hydrogen) atoms. The molecule has 0 radical (unpaired) electrons. The second-order valence-electron chi connectivity index (χ2n) is 19.5. The lowest BCUT2D eigenvalue weighted by molar-refractivity contribution is -0.275. The summed E-state index contributed by atoms with van der Waals surface area (Å²) < 4.78 is 139. The van der Waals surface area contributed by atoms with Gasteiger partial charge in [0.05, 0.1) is 11.1 Å². The van der Waals surface area contributed by atoms with Crippen LogP contribution in [0.1, 0.15) is 92.1 Å². The molecule has 4 aliphatic heterocycles. The van der Waals surface area contributed by atoms with Gasteiger partial charge >= 0.3 is 12.7 Å². The van der Waals surface area contributed by atoms with Crippen molar-refractivity contribution >= 4 is 62.1 Å². The molecule has 2 fully saturated rings. The van der Waals surface area contributed by atoms with Crippen molar-refractivity contribution in [2.45, 2.75) is 76.7 Å². The smallest absolute Gasteiger partial charge is 0.406 e. The zero-order chi connectivity index (χ0) is 56.8. The van der Waals surface area contributed by atoms with E-state index in [1.54, 1.807) is 30.3 Å². The van der Waals surface area contributed by atoms with Crippen molar-refractivity contribution in [1.82, 2.24) is 9.80 Å². The molecule has 0 bridgehead atoms. The van der Waals surface area contributed by atoms with E-state index in [9.17, 15) is 63.1 Å². The lowest BCUT2D eigenvalue weighted by Gasteiger charge is -2.52. The fourth-order valence-electron chi connectivity index (χ4n) is 10.4. The van der Waals surface area contributed by atoms with E-state index in [0.29, 0.717) is 126 Å². The van der Waals surface area contributed by atoms with Gasteiger partial charge in [0.15, 0.2) is 34.8 Å². The Morgan fingerprint density at radius 3 is 1.34 bits per heavy atom. The molecule has 6 aromatic rings. The highest BCUT2D eigenvalue weighted by Crippen LogP contribution is 2.45. The van der Waals surface area contributed by atoms with Crippen LogP contribution >= 0.6 is 15.9 Å². The van der Waals surface area contributed by atoms with Crippen LogP contribution in [0.25, 0.3) is 0 Å². The number of piperidine rings is 2. The Balaban J connectivity index is 0.000000192. The standard InChI is InChI=1S/C28H23BrF5N3O3.C28H24F5N3O3/c1-16(38)20-14-25-21(13-22(20)29)26(39)37(18-3-5-19(6-4-18)40-28(32,33)34)27(35-25)8-10-36(11-9-27)15-17-2-7-23(30)24(31)12-17;1-17(37)19-3-8-22-25(15-19)34-27(10-12-35(13-11-27)16-18-2-9-23(29)24(30)14-18)36(26(22)38)20-4-6-21(7-5-20)39-28(31,32)33/h2-7,12-14,35H,8-11,15H2,1H3;2-9,14-15,34H,10-13,16H2,1H3. The van der Waals surface area contributed by atoms with E-state index >= 15 is 0 Å². The third kappa shape index (κ3) is 12.4. The van der Waals surface area contributed by atoms with Gasteiger partial charge in [-0.3, -0.25) is 38.8 Å². The molecule has 12 nitrogen and oxygen atoms in total. The van der Waals surface area contributed by atoms with Crippen LogP contribution in [0, 0.1) is 23.3 Å². The van der Waals surface area contributed by atoms with Crippen LogP contribution in [-0.4, -0.2) is 83.4 Å². The molecule has 0 aromatic heterocycles. The highest BCUT2D eigenvalue weighted by Gasteiger charge is 2.49. The predicted octanol–water partition coefficient (Wildman–Crippen LogP) is 13.0. The van der Waals surface area contributed by atoms with Crippen molar-refractivity contribution in [2.24, 2.45) is 0 Å². The summed E-state index contributed by atoms with van der Waals surface area (Å²) in [5.74, 6) is -5.64. The molecule has 414 valence electrons. The van der Waals surface area contributed by atoms with Crippen LogP contribution < -0.4 is 29.9 Å². The highest BCUT2D eigenvalue weighted by atomic mass is 79.9. The molecule has 0 saturated carbocycles. The van der Waals surface area contributed by atoms with Gasteiger partial charge in [0.1, 0.15) is 22.8 Å². The fraction of sp³-hybridized carbons (Fsp3) is 0.286. The van der Waals surface area contributed by atoms with Crippen LogP contribution in [0.3, 0.4) is 0 Å². The summed E-state index contributed by atoms with van der Waals surface area (Å²) in [4.78, 5) is 59.1. The van der Waals surface area contributed by atoms with E-state index in [0.717, 1.165) is 48.5 Å². The van der Waals surface area contributed by atoms with E-state index in [2.05, 4.69) is 36.0 Å². The Morgan fingerprint density at radius 1 is 0.532 bits per heavy atom. The number of ketones is 2. The minimum absolute atomic E-state index is 0.162. The third-order valence-electron chi connectivity index (χ3n) is 14.2. The van der Waals surface area contributed by atoms with E-state index < -0.39 is 58.8 Å². The zero-order valence-corrected chi connectivity index (χ0v) is 43.5. The van der Waals surface area contributed by atoms with Gasteiger partial charge < -0.3 is 20.1 Å². The Kier molecular flexibility index (Phi) is 15.6. The average molecular weight is 1170 g/mol. The largest absolute Gasteiger partial charge is 0.573 e. The Bertz CT molecular complexity index is 3330. The molecule has 2 N–H and O–H groups in total. The molecule has 4 aliphatic rings. The van der Waals surface area contributed by atoms with E-state index in [1.165, 1.54) is 60.0 Å². The number of ether oxygens (including phenoxy) is 2. The first kappa shape index (κ1) is 56.2. The summed E-state index contributed by atoms with van der Waals surface area (Å²) in [6.45, 7) is 5.47. The lowest BCUT2D eigenvalue weighted by atomic mass is 9.88. The number of carbonyl (C=O) groups excluding carboxylic acids is 4. The molecule has 0 atom stereocenters. The number of halogens is 11. The maximum Gasteiger partial charge on any atom is 0.573 e. The van der Waals surface area contributed by atoms with Crippen LogP contribution in [0.4, 0.5) is 66.7 Å². The van der Waals surface area contributed by atoms with Crippen LogP contribution in [0.2, 0.25) is 0 Å². The number of amides is 2. The maximum atomic E-state index is 14.0. The fourth-order valence-corrected chi connectivity index (χ4v) is 11.0. The molecule has 10 rings (SSSR count). The Morgan fingerprint density at radius 2 is 0.949 bits per heavy atom. The van der Waals surface area contributed by atoms with Crippen LogP contribution in [0.5, 0.6) is 11.5 Å². The molecule has 2 spiro atoms. The molecule has 4 heterocycles. The Hall–Kier alpha value is -7.50. The minimum atomic E-state index is -4.86. The lowest BCUT2D eigenvalue weighted by Crippen LogP contribution is -2.64. The molecule has 0 aliphatic carbocycles. The van der Waals surface area contributed by atoms with Crippen molar-refractivity contribution in [3.63, 3.8) is 0 Å². The van der Waals surface area contributed by atoms with Gasteiger partial charge in [-0.15, -0.1) is 26.3 Å². The van der Waals surface area contributed by atoms with Crippen molar-refractivity contribution < 1.29 is 72.6 Å². The number of anilines is 4. The molecule has 2 saturated heterocycles. The summed E-state index contributed by atoms with van der Waals surface area (Å²) in [5, 5.41) is 6.90. The molecular weight excluding hydrogens is 1120 g/mol. The third-order valence-corrected chi connectivity index (χ3v) is 14.8. The van der Waals surface area contributed by atoms with Gasteiger partial charge in [-0.1, -0.05) is 34.1 Å². The number of benzene rings is 6. The molecule has 6 aromatic carbocycles. The number of likely N-dealkylation sites (tertiary alicyclic amines) is 2. The van der Waals surface area contributed by atoms with Gasteiger partial charge in [-0.05, 0) is 122 Å². The average Bonchev–Trinajstić information content (AvgIpc) is 3.53. The monoisotopic (exact) mass is 1170 g/mol. The number of nitrogens with one attached hydrogen (secondary N) is 2. The first-order valence-electron chi connectivity index (χ1n) is 24.6. The highest BCUT2D eigenvalue weighted by molar-refractivity contribution is 9.10. The number of carbonyl (C=O) groups is 4. The summed E-state index contributed by atoms with van der Waals surface area (Å²) in [6, 6.07) is 25.6. The summed E-state index contributed by atoms with van der Waals surface area (Å²) in [5.41, 5.74) is 2.43. The van der Waals surface area contributed by atoms with Crippen molar-refractivity contribution in [1.29, 1.82) is 0 Å². The first-order chi connectivity index (χ1) is 37.3. The van der Waals surface area contributed by atoms with Crippen LogP contribution in [0.15, 0.2) is 120 Å². The molecular formula is C56H47BrF10N6O6. The van der Waals surface area contributed by atoms with Crippen molar-refractivity contribution in [2.75, 3.05) is 46.6 Å². The maximum absolute atomic E-state index is 14.0. The number of Topliss-reactive ketones (excluding diaryl/α,β-unsaturated/α-hetero) is 2. The van der Waals surface area contributed by atoms with Gasteiger partial charge in [-0.2, -0.15) is 0 Å². The number of rotatable bonds is 10. The van der Waals surface area contributed by atoms with Gasteiger partial charge in [0.25, 0.3) is 11.8 Å². The van der Waals surface area contributed by atoms with Crippen molar-refractivity contribution in [3.8, 4) is 11.5 Å². The van der Waals surface area contributed by atoms with E-state index in [1.807, 2.05) is 9.80 Å². The number of alkyl halides is 6. The topological polar surface area (TPSA) is 124 Å². The zero-order valence-electron chi connectivity index (χ0n) is 41.9. The SMILES string of the molecule is CC(=O)c1cc2c(cc1Br)C(=O)N(c1ccc(OC(F)(F)F)cc1)C1(CCN(Cc3ccc(F)c(F)c3)CC1)N2.CC(=O)c1ccc2c(c1)NC1(CCN(Cc3ccc(F)c(F)c3)CC1)N(c1ccc(OC(F)(F)F)cc1)C2=O. The van der Waals surface area contributed by atoms with E-state index in [-0.39, 0.29) is 23.4 Å². The van der Waals surface area contributed by atoms with Gasteiger partial charge in [0, 0.05) is 103 Å². The predicted molar refractivity (Wildman–Crippen MR) is 275 cm³/mol. The molecule has 0 unspecified atom stereocenters. The quantitative estimate of drug-likeness (QED) is 0.101. The normalized spacial score (nSPS) is 17.0. The summed E-state index contributed by atoms with van der Waals surface area (Å²) in [6.07, 6.45) is -8.09. The van der Waals surface area contributed by atoms with Gasteiger partial charge in [0.2, 0.25) is 0 Å². The second-order valence-corrected chi connectivity index (χ2v) is 20.3. The van der Waals surface area contributed by atoms with E-state index in [4.69, 9.17) is 0 Å². The Labute approximate surface area is 454 Å². The number of fused-ring (bicyclic) bond motifs is 2. The first-order valence-corrected chi connectivity index (χ1v) is 25.4. The molecule has 2 amide bonds. The minimum Gasteiger partial charge on any atom is -0.406 e. The van der Waals surface area contributed by atoms with Gasteiger partial charge in [-0.25, -0.2) is 17.6 Å². The second kappa shape index (κ2) is 22.0. The summed E-state index contributed by atoms with van der Waals surface area (Å²) >= 11 is 3.35. The number of hydrogen-bond donors (Lipinski definition) is 2. The number of hydrogen-bond acceptors (Lipinski definition) is 10. The summed E-state index contributed by atoms with van der Waals surface area (Å²) in [7, 11) is 0. The molecule has 23 heteroatoms. The van der Waals surface area contributed by atoms with Crippen LogP contribution in [-0.2, 0) is 13.1 Å².